The van der Waals surface area contributed by atoms with Gasteiger partial charge in [-0.2, -0.15) is 0 Å². The number of halogens is 1. The predicted molar refractivity (Wildman–Crippen MR) is 103 cm³/mol. The van der Waals surface area contributed by atoms with E-state index < -0.39 is 0 Å². The number of rotatable bonds is 7. The number of morpholine rings is 1. The fourth-order valence-corrected chi connectivity index (χ4v) is 3.15. The number of hydrogen-bond acceptors (Lipinski definition) is 5. The van der Waals surface area contributed by atoms with Gasteiger partial charge in [0, 0.05) is 31.2 Å². The molecule has 1 aromatic rings. The normalized spacial score (nSPS) is 15.9. The molecule has 1 N–H and O–H groups in total. The number of nitrogens with zero attached hydrogens (tertiary/aromatic N) is 1. The quantitative estimate of drug-likeness (QED) is 0.734. The first kappa shape index (κ1) is 20.6. The van der Waals surface area contributed by atoms with Crippen LogP contribution in [0.1, 0.15) is 19.4 Å². The summed E-state index contributed by atoms with van der Waals surface area (Å²) in [6.45, 7) is 8.02. The summed E-state index contributed by atoms with van der Waals surface area (Å²) >= 11 is 6.18. The van der Waals surface area contributed by atoms with Crippen molar-refractivity contribution in [3.05, 3.63) is 28.8 Å². The second-order valence-corrected chi connectivity index (χ2v) is 7.11. The third-order valence-electron chi connectivity index (χ3n) is 4.45. The number of nitrogens with one attached hydrogen (secondary N) is 1. The van der Waals surface area contributed by atoms with Gasteiger partial charge < -0.3 is 19.5 Å². The molecule has 26 heavy (non-hydrogen) atoms. The van der Waals surface area contributed by atoms with Crippen molar-refractivity contribution in [3.8, 4) is 11.5 Å². The van der Waals surface area contributed by atoms with E-state index in [4.69, 9.17) is 25.8 Å². The number of hydrogen-bond donors (Lipinski definition) is 1. The maximum atomic E-state index is 12.2. The van der Waals surface area contributed by atoms with Gasteiger partial charge in [-0.25, -0.2) is 0 Å². The van der Waals surface area contributed by atoms with Crippen LogP contribution < -0.4 is 14.8 Å². The van der Waals surface area contributed by atoms with E-state index in [9.17, 15) is 4.79 Å². The minimum absolute atomic E-state index is 0.125. The van der Waals surface area contributed by atoms with E-state index in [-0.39, 0.29) is 11.4 Å². The van der Waals surface area contributed by atoms with Gasteiger partial charge in [0.15, 0.2) is 11.5 Å². The van der Waals surface area contributed by atoms with E-state index in [1.54, 1.807) is 25.3 Å². The average molecular weight is 383 g/mol. The molecule has 0 bridgehead atoms. The van der Waals surface area contributed by atoms with Crippen LogP contribution in [-0.4, -0.2) is 63.4 Å². The number of amides is 1. The lowest BCUT2D eigenvalue weighted by atomic mass is 10.0. The Morgan fingerprint density at radius 1 is 1.31 bits per heavy atom. The topological polar surface area (TPSA) is 60.0 Å². The third-order valence-corrected chi connectivity index (χ3v) is 4.73. The first-order chi connectivity index (χ1) is 12.4. The zero-order valence-electron chi connectivity index (χ0n) is 15.8. The summed E-state index contributed by atoms with van der Waals surface area (Å²) in [7, 11) is 3.07. The lowest BCUT2D eigenvalue weighted by Gasteiger charge is -2.40. The Kier molecular flexibility index (Phi) is 7.32. The van der Waals surface area contributed by atoms with Crippen molar-refractivity contribution in [2.45, 2.75) is 19.4 Å². The van der Waals surface area contributed by atoms with Gasteiger partial charge in [0.2, 0.25) is 5.91 Å². The van der Waals surface area contributed by atoms with E-state index in [2.05, 4.69) is 24.1 Å². The molecule has 1 amide bonds. The Morgan fingerprint density at radius 2 is 2.00 bits per heavy atom. The zero-order chi connectivity index (χ0) is 19.2. The molecule has 0 unspecified atom stereocenters. The van der Waals surface area contributed by atoms with Gasteiger partial charge in [0.1, 0.15) is 0 Å². The molecule has 1 fully saturated rings. The van der Waals surface area contributed by atoms with Crippen LogP contribution in [0.5, 0.6) is 11.5 Å². The van der Waals surface area contributed by atoms with Gasteiger partial charge in [0.25, 0.3) is 0 Å². The second kappa shape index (κ2) is 9.26. The van der Waals surface area contributed by atoms with E-state index in [0.717, 1.165) is 31.9 Å². The molecule has 0 aliphatic carbocycles. The third kappa shape index (κ3) is 5.37. The second-order valence-electron chi connectivity index (χ2n) is 6.70. The number of benzene rings is 1. The summed E-state index contributed by atoms with van der Waals surface area (Å²) in [6.07, 6.45) is 3.19. The monoisotopic (exact) mass is 382 g/mol. The van der Waals surface area contributed by atoms with Crippen LogP contribution in [0, 0.1) is 0 Å². The minimum atomic E-state index is -0.155. The standard InChI is InChI=1S/C19H27ClN2O4/c1-19(2,22-7-9-26-10-8-22)13-21-17(23)6-5-14-11-15(20)18(25-4)16(12-14)24-3/h5-6,11-12H,7-10,13H2,1-4H3,(H,21,23)/b6-5+. The van der Waals surface area contributed by atoms with E-state index >= 15 is 0 Å². The molecule has 0 atom stereocenters. The molecule has 1 aliphatic rings. The van der Waals surface area contributed by atoms with Gasteiger partial charge in [-0.05, 0) is 37.6 Å². The molecule has 6 nitrogen and oxygen atoms in total. The van der Waals surface area contributed by atoms with Crippen LogP contribution >= 0.6 is 11.6 Å². The van der Waals surface area contributed by atoms with Gasteiger partial charge in [-0.1, -0.05) is 11.6 Å². The van der Waals surface area contributed by atoms with Crippen molar-refractivity contribution >= 4 is 23.6 Å². The van der Waals surface area contributed by atoms with Crippen molar-refractivity contribution in [3.63, 3.8) is 0 Å². The highest BCUT2D eigenvalue weighted by Gasteiger charge is 2.28. The molecule has 1 aliphatic heterocycles. The molecule has 0 radical (unpaired) electrons. The number of carbonyl (C=O) groups is 1. The molecule has 144 valence electrons. The highest BCUT2D eigenvalue weighted by Crippen LogP contribution is 2.36. The van der Waals surface area contributed by atoms with E-state index in [1.165, 1.54) is 13.2 Å². The van der Waals surface area contributed by atoms with Crippen molar-refractivity contribution in [1.29, 1.82) is 0 Å². The fourth-order valence-electron chi connectivity index (χ4n) is 2.85. The molecule has 0 aromatic heterocycles. The van der Waals surface area contributed by atoms with Crippen LogP contribution in [0.3, 0.4) is 0 Å². The van der Waals surface area contributed by atoms with Gasteiger partial charge >= 0.3 is 0 Å². The molecule has 0 spiro atoms. The first-order valence-corrected chi connectivity index (χ1v) is 8.95. The van der Waals surface area contributed by atoms with E-state index in [0.29, 0.717) is 23.1 Å². The molecule has 1 aromatic carbocycles. The zero-order valence-corrected chi connectivity index (χ0v) is 16.6. The largest absolute Gasteiger partial charge is 0.493 e. The summed E-state index contributed by atoms with van der Waals surface area (Å²) in [4.78, 5) is 14.5. The predicted octanol–water partition coefficient (Wildman–Crippen LogP) is 2.60. The van der Waals surface area contributed by atoms with Crippen molar-refractivity contribution in [2.24, 2.45) is 0 Å². The molecular weight excluding hydrogens is 356 g/mol. The Bertz CT molecular complexity index is 655. The highest BCUT2D eigenvalue weighted by atomic mass is 35.5. The number of carbonyl (C=O) groups excluding carboxylic acids is 1. The Labute approximate surface area is 160 Å². The van der Waals surface area contributed by atoms with Crippen molar-refractivity contribution in [2.75, 3.05) is 47.1 Å². The molecule has 1 heterocycles. The van der Waals surface area contributed by atoms with Gasteiger partial charge in [-0.3, -0.25) is 9.69 Å². The Balaban J connectivity index is 1.95. The highest BCUT2D eigenvalue weighted by molar-refractivity contribution is 6.32. The summed E-state index contributed by atoms with van der Waals surface area (Å²) < 4.78 is 15.9. The molecule has 2 rings (SSSR count). The van der Waals surface area contributed by atoms with Gasteiger partial charge in [-0.15, -0.1) is 0 Å². The lowest BCUT2D eigenvalue weighted by molar-refractivity contribution is -0.117. The Hall–Kier alpha value is -1.76. The van der Waals surface area contributed by atoms with Crippen LogP contribution in [0.4, 0.5) is 0 Å². The summed E-state index contributed by atoms with van der Waals surface area (Å²) in [5.41, 5.74) is 0.634. The maximum absolute atomic E-state index is 12.2. The van der Waals surface area contributed by atoms with Crippen LogP contribution in [0.15, 0.2) is 18.2 Å². The number of ether oxygens (including phenoxy) is 3. The van der Waals surface area contributed by atoms with Gasteiger partial charge in [0.05, 0.1) is 32.5 Å². The van der Waals surface area contributed by atoms with Crippen LogP contribution in [-0.2, 0) is 9.53 Å². The summed E-state index contributed by atoms with van der Waals surface area (Å²) in [5, 5.41) is 3.39. The SMILES string of the molecule is COc1cc(/C=C/C(=O)NCC(C)(C)N2CCOCC2)cc(Cl)c1OC. The molecule has 7 heteroatoms. The van der Waals surface area contributed by atoms with Crippen LogP contribution in [0.2, 0.25) is 5.02 Å². The maximum Gasteiger partial charge on any atom is 0.244 e. The van der Waals surface area contributed by atoms with E-state index in [1.807, 2.05) is 0 Å². The first-order valence-electron chi connectivity index (χ1n) is 8.57. The Morgan fingerprint density at radius 3 is 2.62 bits per heavy atom. The minimum Gasteiger partial charge on any atom is -0.493 e. The molecular formula is C19H27ClN2O4. The molecule has 0 saturated carbocycles. The summed E-state index contributed by atoms with van der Waals surface area (Å²) in [5.74, 6) is 0.841. The van der Waals surface area contributed by atoms with Crippen LogP contribution in [0.25, 0.3) is 6.08 Å². The lowest BCUT2D eigenvalue weighted by Crippen LogP contribution is -2.55. The summed E-state index contributed by atoms with van der Waals surface area (Å²) in [6, 6.07) is 3.50. The van der Waals surface area contributed by atoms with Crippen molar-refractivity contribution < 1.29 is 19.0 Å². The fraction of sp³-hybridized carbons (Fsp3) is 0.526. The smallest absolute Gasteiger partial charge is 0.244 e. The average Bonchev–Trinajstić information content (AvgIpc) is 2.65. The molecule has 1 saturated heterocycles. The van der Waals surface area contributed by atoms with Crippen molar-refractivity contribution in [1.82, 2.24) is 10.2 Å². The number of methoxy groups -OCH3 is 2.